The first-order valence-corrected chi connectivity index (χ1v) is 6.36. The van der Waals surface area contributed by atoms with Gasteiger partial charge in [0.1, 0.15) is 6.04 Å². The van der Waals surface area contributed by atoms with E-state index < -0.39 is 6.04 Å². The quantitative estimate of drug-likeness (QED) is 0.824. The minimum Gasteiger partial charge on any atom is -0.373 e. The van der Waals surface area contributed by atoms with Gasteiger partial charge in [-0.2, -0.15) is 0 Å². The van der Waals surface area contributed by atoms with Crippen molar-refractivity contribution < 1.29 is 9.59 Å². The fourth-order valence-corrected chi connectivity index (χ4v) is 2.29. The lowest BCUT2D eigenvalue weighted by Crippen LogP contribution is -2.34. The van der Waals surface area contributed by atoms with E-state index in [1.54, 1.807) is 0 Å². The Morgan fingerprint density at radius 1 is 1.28 bits per heavy atom. The number of aryl methyl sites for hydroxylation is 1. The molecule has 1 saturated heterocycles. The van der Waals surface area contributed by atoms with E-state index >= 15 is 0 Å². The summed E-state index contributed by atoms with van der Waals surface area (Å²) in [5, 5.41) is 3.19. The van der Waals surface area contributed by atoms with Crippen LogP contribution >= 0.6 is 0 Å². The van der Waals surface area contributed by atoms with Gasteiger partial charge in [-0.15, -0.1) is 0 Å². The first-order chi connectivity index (χ1) is 8.67. The van der Waals surface area contributed by atoms with Gasteiger partial charge in [0.05, 0.1) is 6.42 Å². The number of carbonyl (C=O) groups is 2. The van der Waals surface area contributed by atoms with Crippen molar-refractivity contribution in [3.8, 4) is 0 Å². The highest BCUT2D eigenvalue weighted by atomic mass is 16.2. The van der Waals surface area contributed by atoms with Crippen molar-refractivity contribution in [3.63, 3.8) is 0 Å². The number of nitrogens with one attached hydrogen (secondary N) is 1. The van der Waals surface area contributed by atoms with Gasteiger partial charge in [-0.1, -0.05) is 25.1 Å². The molecular formula is C14H18N2O2. The number of anilines is 1. The molecule has 4 nitrogen and oxygen atoms in total. The molecule has 18 heavy (non-hydrogen) atoms. The molecule has 0 aliphatic carbocycles. The molecule has 1 aliphatic rings. The Hall–Kier alpha value is -1.84. The van der Waals surface area contributed by atoms with Gasteiger partial charge in [-0.25, -0.2) is 0 Å². The van der Waals surface area contributed by atoms with Crippen molar-refractivity contribution >= 4 is 17.5 Å². The van der Waals surface area contributed by atoms with Crippen LogP contribution in [0.1, 0.15) is 25.8 Å². The fraction of sp³-hybridized carbons (Fsp3) is 0.429. The Balaban J connectivity index is 2.15. The van der Waals surface area contributed by atoms with Crippen molar-refractivity contribution in [2.24, 2.45) is 0 Å². The van der Waals surface area contributed by atoms with Crippen molar-refractivity contribution in [1.29, 1.82) is 0 Å². The standard InChI is InChI=1S/C14H18N2O2/c1-3-10-7-5-6-8-11(10)15-12-9-13(17)16(4-2)14(12)18/h5-8,12,15H,3-4,9H2,1-2H3. The van der Waals surface area contributed by atoms with Gasteiger partial charge in [0.15, 0.2) is 0 Å². The monoisotopic (exact) mass is 246 g/mol. The topological polar surface area (TPSA) is 49.4 Å². The maximum absolute atomic E-state index is 12.0. The maximum Gasteiger partial charge on any atom is 0.252 e. The molecule has 1 aromatic rings. The summed E-state index contributed by atoms with van der Waals surface area (Å²) >= 11 is 0. The van der Waals surface area contributed by atoms with Gasteiger partial charge in [-0.05, 0) is 25.0 Å². The number of para-hydroxylation sites is 1. The van der Waals surface area contributed by atoms with Crippen LogP contribution in [-0.2, 0) is 16.0 Å². The van der Waals surface area contributed by atoms with Crippen LogP contribution in [0.2, 0.25) is 0 Å². The summed E-state index contributed by atoms with van der Waals surface area (Å²) in [4.78, 5) is 24.9. The zero-order chi connectivity index (χ0) is 13.1. The molecule has 2 amide bonds. The summed E-state index contributed by atoms with van der Waals surface area (Å²) in [6, 6.07) is 7.47. The zero-order valence-corrected chi connectivity index (χ0v) is 10.8. The average Bonchev–Trinajstić information content (AvgIpc) is 2.65. The van der Waals surface area contributed by atoms with Crippen molar-refractivity contribution in [3.05, 3.63) is 29.8 Å². The molecule has 0 spiro atoms. The molecule has 0 aromatic heterocycles. The Morgan fingerprint density at radius 2 is 2.00 bits per heavy atom. The van der Waals surface area contributed by atoms with Crippen LogP contribution in [0.5, 0.6) is 0 Å². The summed E-state index contributed by atoms with van der Waals surface area (Å²) in [7, 11) is 0. The van der Waals surface area contributed by atoms with Crippen LogP contribution in [0.4, 0.5) is 5.69 Å². The number of likely N-dealkylation sites (tertiary alicyclic amines) is 1. The smallest absolute Gasteiger partial charge is 0.252 e. The Bertz CT molecular complexity index is 471. The zero-order valence-electron chi connectivity index (χ0n) is 10.8. The minimum atomic E-state index is -0.412. The summed E-state index contributed by atoms with van der Waals surface area (Å²) in [6.07, 6.45) is 1.15. The molecule has 1 fully saturated rings. The number of likely N-dealkylation sites (N-methyl/N-ethyl adjacent to an activating group) is 1. The number of carbonyl (C=O) groups excluding carboxylic acids is 2. The second-order valence-electron chi connectivity index (χ2n) is 4.39. The van der Waals surface area contributed by atoms with Gasteiger partial charge in [-0.3, -0.25) is 14.5 Å². The molecule has 1 atom stereocenters. The minimum absolute atomic E-state index is 0.0889. The summed E-state index contributed by atoms with van der Waals surface area (Å²) in [5.74, 6) is -0.206. The van der Waals surface area contributed by atoms with E-state index in [2.05, 4.69) is 12.2 Å². The third kappa shape index (κ3) is 2.23. The molecule has 1 heterocycles. The first kappa shape index (κ1) is 12.6. The van der Waals surface area contributed by atoms with Gasteiger partial charge in [0.25, 0.3) is 5.91 Å². The summed E-state index contributed by atoms with van der Waals surface area (Å²) in [5.41, 5.74) is 2.11. The molecule has 96 valence electrons. The van der Waals surface area contributed by atoms with Crippen LogP contribution in [-0.4, -0.2) is 29.3 Å². The molecule has 0 saturated carbocycles. The summed E-state index contributed by atoms with van der Waals surface area (Å²) < 4.78 is 0. The number of imide groups is 1. The number of amides is 2. The fourth-order valence-electron chi connectivity index (χ4n) is 2.29. The number of nitrogens with zero attached hydrogens (tertiary/aromatic N) is 1. The lowest BCUT2D eigenvalue weighted by Gasteiger charge is -2.16. The number of rotatable bonds is 4. The van der Waals surface area contributed by atoms with Crippen LogP contribution in [0.25, 0.3) is 0 Å². The van der Waals surface area contributed by atoms with E-state index in [0.717, 1.165) is 17.7 Å². The maximum atomic E-state index is 12.0. The molecule has 1 N–H and O–H groups in total. The highest BCUT2D eigenvalue weighted by Gasteiger charge is 2.37. The third-order valence-corrected chi connectivity index (χ3v) is 3.29. The van der Waals surface area contributed by atoms with Crippen LogP contribution in [0, 0.1) is 0 Å². The molecule has 1 unspecified atom stereocenters. The SMILES string of the molecule is CCc1ccccc1NC1CC(=O)N(CC)C1=O. The number of benzene rings is 1. The largest absolute Gasteiger partial charge is 0.373 e. The Morgan fingerprint density at radius 3 is 2.61 bits per heavy atom. The van der Waals surface area contributed by atoms with Crippen molar-refractivity contribution in [1.82, 2.24) is 4.90 Å². The van der Waals surface area contributed by atoms with Gasteiger partial charge >= 0.3 is 0 Å². The molecule has 0 radical (unpaired) electrons. The van der Waals surface area contributed by atoms with E-state index in [9.17, 15) is 9.59 Å². The normalized spacial score (nSPS) is 19.4. The second kappa shape index (κ2) is 5.21. The van der Waals surface area contributed by atoms with Crippen LogP contribution < -0.4 is 5.32 Å². The van der Waals surface area contributed by atoms with Crippen LogP contribution in [0.3, 0.4) is 0 Å². The van der Waals surface area contributed by atoms with Crippen molar-refractivity contribution in [2.45, 2.75) is 32.7 Å². The lowest BCUT2D eigenvalue weighted by molar-refractivity contribution is -0.138. The molecule has 2 rings (SSSR count). The predicted molar refractivity (Wildman–Crippen MR) is 70.2 cm³/mol. The van der Waals surface area contributed by atoms with E-state index in [-0.39, 0.29) is 18.2 Å². The lowest BCUT2D eigenvalue weighted by atomic mass is 10.1. The van der Waals surface area contributed by atoms with E-state index in [1.165, 1.54) is 4.90 Å². The highest BCUT2D eigenvalue weighted by molar-refractivity contribution is 6.06. The third-order valence-electron chi connectivity index (χ3n) is 3.29. The van der Waals surface area contributed by atoms with Gasteiger partial charge < -0.3 is 5.32 Å². The van der Waals surface area contributed by atoms with E-state index in [0.29, 0.717) is 6.54 Å². The molecule has 1 aromatic carbocycles. The predicted octanol–water partition coefficient (Wildman–Crippen LogP) is 1.81. The molecule has 4 heteroatoms. The highest BCUT2D eigenvalue weighted by Crippen LogP contribution is 2.21. The van der Waals surface area contributed by atoms with E-state index in [1.807, 2.05) is 31.2 Å². The van der Waals surface area contributed by atoms with Gasteiger partial charge in [0, 0.05) is 12.2 Å². The molecular weight excluding hydrogens is 228 g/mol. The molecule has 1 aliphatic heterocycles. The Labute approximate surface area is 107 Å². The first-order valence-electron chi connectivity index (χ1n) is 6.36. The molecule has 0 bridgehead atoms. The van der Waals surface area contributed by atoms with Crippen LogP contribution in [0.15, 0.2) is 24.3 Å². The average molecular weight is 246 g/mol. The second-order valence-corrected chi connectivity index (χ2v) is 4.39. The van der Waals surface area contributed by atoms with E-state index in [4.69, 9.17) is 0 Å². The van der Waals surface area contributed by atoms with Crippen molar-refractivity contribution in [2.75, 3.05) is 11.9 Å². The number of hydrogen-bond acceptors (Lipinski definition) is 3. The summed E-state index contributed by atoms with van der Waals surface area (Å²) in [6.45, 7) is 4.34. The number of hydrogen-bond donors (Lipinski definition) is 1. The Kier molecular flexibility index (Phi) is 3.65. The van der Waals surface area contributed by atoms with Gasteiger partial charge in [0.2, 0.25) is 5.91 Å².